The lowest BCUT2D eigenvalue weighted by molar-refractivity contribution is -0.132. The van der Waals surface area contributed by atoms with Crippen LogP contribution in [0.4, 0.5) is 4.79 Å². The van der Waals surface area contributed by atoms with Gasteiger partial charge in [-0.3, -0.25) is 14.6 Å². The summed E-state index contributed by atoms with van der Waals surface area (Å²) in [6, 6.07) is -0.318. The average molecular weight is 349 g/mol. The SMILES string of the molecule is CC(C)Cc1nc(CN2CCC[C@H]([C@]3(C)NC(=O)N(C)C3=O)C2)no1. The molecular weight excluding hydrogens is 322 g/mol. The van der Waals surface area contributed by atoms with Gasteiger partial charge in [-0.2, -0.15) is 4.98 Å². The fourth-order valence-electron chi connectivity index (χ4n) is 3.73. The molecule has 2 fully saturated rings. The first-order valence-corrected chi connectivity index (χ1v) is 8.93. The molecule has 1 N–H and O–H groups in total. The van der Waals surface area contributed by atoms with E-state index in [1.807, 2.05) is 6.92 Å². The van der Waals surface area contributed by atoms with E-state index in [2.05, 4.69) is 34.2 Å². The molecule has 3 amide bonds. The quantitative estimate of drug-likeness (QED) is 0.809. The third-order valence-electron chi connectivity index (χ3n) is 5.20. The number of nitrogens with one attached hydrogen (secondary N) is 1. The minimum atomic E-state index is -0.829. The highest BCUT2D eigenvalue weighted by Gasteiger charge is 2.51. The van der Waals surface area contributed by atoms with E-state index in [1.165, 1.54) is 11.9 Å². The van der Waals surface area contributed by atoms with Crippen molar-refractivity contribution >= 4 is 11.9 Å². The maximum atomic E-state index is 12.5. The topological polar surface area (TPSA) is 91.6 Å². The molecule has 1 aromatic rings. The van der Waals surface area contributed by atoms with Gasteiger partial charge in [-0.15, -0.1) is 0 Å². The van der Waals surface area contributed by atoms with E-state index in [4.69, 9.17) is 4.52 Å². The number of imide groups is 1. The summed E-state index contributed by atoms with van der Waals surface area (Å²) < 4.78 is 5.30. The highest BCUT2D eigenvalue weighted by molar-refractivity contribution is 6.06. The zero-order valence-corrected chi connectivity index (χ0v) is 15.4. The van der Waals surface area contributed by atoms with Crippen LogP contribution in [0.5, 0.6) is 0 Å². The molecule has 0 aromatic carbocycles. The molecule has 2 atom stereocenters. The fraction of sp³-hybridized carbons (Fsp3) is 0.765. The first kappa shape index (κ1) is 17.8. The first-order chi connectivity index (χ1) is 11.8. The normalized spacial score (nSPS) is 28.0. The molecule has 0 bridgehead atoms. The van der Waals surface area contributed by atoms with Crippen LogP contribution in [0.15, 0.2) is 4.52 Å². The smallest absolute Gasteiger partial charge is 0.324 e. The number of aromatic nitrogens is 2. The van der Waals surface area contributed by atoms with Crippen molar-refractivity contribution in [3.63, 3.8) is 0 Å². The number of urea groups is 1. The average Bonchev–Trinajstić information content (AvgIpc) is 3.06. The second-order valence-electron chi connectivity index (χ2n) is 7.77. The Labute approximate surface area is 147 Å². The van der Waals surface area contributed by atoms with E-state index in [9.17, 15) is 9.59 Å². The lowest BCUT2D eigenvalue weighted by Gasteiger charge is -2.39. The number of likely N-dealkylation sites (tertiary alicyclic amines) is 1. The van der Waals surface area contributed by atoms with Crippen molar-refractivity contribution in [2.45, 2.75) is 52.1 Å². The van der Waals surface area contributed by atoms with Crippen molar-refractivity contribution in [1.29, 1.82) is 0 Å². The molecule has 0 saturated carbocycles. The molecular formula is C17H27N5O3. The monoisotopic (exact) mass is 349 g/mol. The van der Waals surface area contributed by atoms with Crippen LogP contribution in [0.3, 0.4) is 0 Å². The van der Waals surface area contributed by atoms with E-state index in [0.717, 1.165) is 32.4 Å². The van der Waals surface area contributed by atoms with Gasteiger partial charge in [0.15, 0.2) is 5.82 Å². The number of carbonyl (C=O) groups excluding carboxylic acids is 2. The summed E-state index contributed by atoms with van der Waals surface area (Å²) >= 11 is 0. The Balaban J connectivity index is 1.64. The lowest BCUT2D eigenvalue weighted by Crippen LogP contribution is -2.55. The summed E-state index contributed by atoms with van der Waals surface area (Å²) in [5.41, 5.74) is -0.829. The fourth-order valence-corrected chi connectivity index (χ4v) is 3.73. The molecule has 8 nitrogen and oxygen atoms in total. The Morgan fingerprint density at radius 3 is 2.80 bits per heavy atom. The zero-order valence-electron chi connectivity index (χ0n) is 15.4. The largest absolute Gasteiger partial charge is 0.339 e. The van der Waals surface area contributed by atoms with Gasteiger partial charge in [-0.1, -0.05) is 19.0 Å². The van der Waals surface area contributed by atoms with Crippen LogP contribution in [0.2, 0.25) is 0 Å². The summed E-state index contributed by atoms with van der Waals surface area (Å²) in [7, 11) is 1.53. The van der Waals surface area contributed by atoms with Gasteiger partial charge in [0.25, 0.3) is 5.91 Å². The Kier molecular flexibility index (Phi) is 4.81. The van der Waals surface area contributed by atoms with Crippen LogP contribution >= 0.6 is 0 Å². The van der Waals surface area contributed by atoms with Crippen molar-refractivity contribution in [2.75, 3.05) is 20.1 Å². The lowest BCUT2D eigenvalue weighted by atomic mass is 9.80. The summed E-state index contributed by atoms with van der Waals surface area (Å²) in [4.78, 5) is 32.2. The molecule has 0 aliphatic carbocycles. The van der Waals surface area contributed by atoms with Gasteiger partial charge in [0.2, 0.25) is 5.89 Å². The molecule has 138 valence electrons. The Bertz CT molecular complexity index is 658. The summed E-state index contributed by atoms with van der Waals surface area (Å²) in [6.07, 6.45) is 2.67. The van der Waals surface area contributed by atoms with Crippen molar-refractivity contribution < 1.29 is 14.1 Å². The van der Waals surface area contributed by atoms with E-state index in [0.29, 0.717) is 24.2 Å². The predicted molar refractivity (Wildman–Crippen MR) is 90.5 cm³/mol. The number of carbonyl (C=O) groups is 2. The number of piperidine rings is 1. The highest BCUT2D eigenvalue weighted by atomic mass is 16.5. The summed E-state index contributed by atoms with van der Waals surface area (Å²) in [5.74, 6) is 1.75. The summed E-state index contributed by atoms with van der Waals surface area (Å²) in [5, 5.41) is 6.94. The van der Waals surface area contributed by atoms with Crippen LogP contribution < -0.4 is 5.32 Å². The molecule has 3 heterocycles. The number of hydrogen-bond acceptors (Lipinski definition) is 6. The van der Waals surface area contributed by atoms with E-state index < -0.39 is 5.54 Å². The van der Waals surface area contributed by atoms with Crippen LogP contribution in [-0.4, -0.2) is 57.6 Å². The minimum Gasteiger partial charge on any atom is -0.339 e. The molecule has 3 rings (SSSR count). The molecule has 25 heavy (non-hydrogen) atoms. The second-order valence-corrected chi connectivity index (χ2v) is 7.77. The third-order valence-corrected chi connectivity index (χ3v) is 5.20. The number of nitrogens with zero attached hydrogens (tertiary/aromatic N) is 4. The maximum Gasteiger partial charge on any atom is 0.324 e. The molecule has 0 unspecified atom stereocenters. The van der Waals surface area contributed by atoms with Gasteiger partial charge < -0.3 is 9.84 Å². The number of hydrogen-bond donors (Lipinski definition) is 1. The van der Waals surface area contributed by atoms with Gasteiger partial charge in [-0.25, -0.2) is 4.79 Å². The molecule has 2 aliphatic rings. The second kappa shape index (κ2) is 6.74. The minimum absolute atomic E-state index is 0.0738. The maximum absolute atomic E-state index is 12.5. The molecule has 2 aliphatic heterocycles. The van der Waals surface area contributed by atoms with Crippen molar-refractivity contribution in [3.8, 4) is 0 Å². The van der Waals surface area contributed by atoms with E-state index in [-0.39, 0.29) is 17.9 Å². The third kappa shape index (κ3) is 3.53. The van der Waals surface area contributed by atoms with Crippen LogP contribution in [0.1, 0.15) is 45.3 Å². The Morgan fingerprint density at radius 1 is 1.40 bits per heavy atom. The van der Waals surface area contributed by atoms with Gasteiger partial charge in [-0.05, 0) is 32.2 Å². The van der Waals surface area contributed by atoms with Crippen LogP contribution in [-0.2, 0) is 17.8 Å². The van der Waals surface area contributed by atoms with Crippen molar-refractivity contribution in [2.24, 2.45) is 11.8 Å². The first-order valence-electron chi connectivity index (χ1n) is 8.93. The molecule has 0 radical (unpaired) electrons. The molecule has 2 saturated heterocycles. The van der Waals surface area contributed by atoms with Crippen LogP contribution in [0.25, 0.3) is 0 Å². The van der Waals surface area contributed by atoms with E-state index in [1.54, 1.807) is 0 Å². The molecule has 8 heteroatoms. The zero-order chi connectivity index (χ0) is 18.2. The number of likely N-dealkylation sites (N-methyl/N-ethyl adjacent to an activating group) is 1. The molecule has 0 spiro atoms. The van der Waals surface area contributed by atoms with Gasteiger partial charge in [0, 0.05) is 25.9 Å². The van der Waals surface area contributed by atoms with E-state index >= 15 is 0 Å². The Hall–Kier alpha value is -1.96. The predicted octanol–water partition coefficient (Wildman–Crippen LogP) is 1.42. The standard InChI is InChI=1S/C17H27N5O3/c1-11(2)8-14-18-13(20-25-14)10-22-7-5-6-12(9-22)17(3)15(23)21(4)16(24)19-17/h11-12H,5-10H2,1-4H3,(H,19,24)/t12-,17-/m0/s1. The van der Waals surface area contributed by atoms with Crippen molar-refractivity contribution in [1.82, 2.24) is 25.3 Å². The van der Waals surface area contributed by atoms with Gasteiger partial charge >= 0.3 is 6.03 Å². The van der Waals surface area contributed by atoms with Gasteiger partial charge in [0.1, 0.15) is 5.54 Å². The van der Waals surface area contributed by atoms with Gasteiger partial charge in [0.05, 0.1) is 6.54 Å². The molecule has 1 aromatic heterocycles. The number of rotatable bonds is 5. The highest BCUT2D eigenvalue weighted by Crippen LogP contribution is 2.32. The summed E-state index contributed by atoms with van der Waals surface area (Å²) in [6.45, 7) is 8.32. The van der Waals surface area contributed by atoms with Crippen LogP contribution in [0, 0.1) is 11.8 Å². The number of amides is 3. The van der Waals surface area contributed by atoms with Crippen molar-refractivity contribution in [3.05, 3.63) is 11.7 Å². The Morgan fingerprint density at radius 2 is 2.16 bits per heavy atom.